The average molecular weight is 331 g/mol. The summed E-state index contributed by atoms with van der Waals surface area (Å²) in [5.41, 5.74) is 1.07. The number of halogens is 2. The Hall–Kier alpha value is -0.320. The monoisotopic (exact) mass is 330 g/mol. The van der Waals surface area contributed by atoms with Gasteiger partial charge in [-0.05, 0) is 37.4 Å². The van der Waals surface area contributed by atoms with Crippen LogP contribution >= 0.6 is 23.2 Å². The summed E-state index contributed by atoms with van der Waals surface area (Å²) in [5.74, 6) is 0. The van der Waals surface area contributed by atoms with E-state index in [-0.39, 0.29) is 12.1 Å². The number of rotatable bonds is 7. The van der Waals surface area contributed by atoms with E-state index in [9.17, 15) is 5.11 Å². The second kappa shape index (κ2) is 8.35. The third kappa shape index (κ3) is 4.83. The molecule has 3 nitrogen and oxygen atoms in total. The van der Waals surface area contributed by atoms with E-state index in [1.54, 1.807) is 0 Å². The standard InChI is InChI=1S/C16H24Cl2N2O/c1-2-8-19-15(7-10-20-9-6-12(21)11-20)13-4-3-5-14(17)16(13)18/h3-5,12,15,19,21H,2,6-11H2,1H3. The van der Waals surface area contributed by atoms with E-state index >= 15 is 0 Å². The van der Waals surface area contributed by atoms with Gasteiger partial charge in [-0.15, -0.1) is 0 Å². The smallest absolute Gasteiger partial charge is 0.0679 e. The van der Waals surface area contributed by atoms with E-state index in [4.69, 9.17) is 23.2 Å². The molecular formula is C16H24Cl2N2O. The highest BCUT2D eigenvalue weighted by Crippen LogP contribution is 2.31. The number of β-amino-alcohol motifs (C(OH)–C–C–N with tert-alkyl or cyclic N) is 1. The molecule has 0 aliphatic carbocycles. The van der Waals surface area contributed by atoms with Gasteiger partial charge in [-0.2, -0.15) is 0 Å². The first-order valence-electron chi connectivity index (χ1n) is 7.69. The number of nitrogens with zero attached hydrogens (tertiary/aromatic N) is 1. The van der Waals surface area contributed by atoms with E-state index in [1.807, 2.05) is 18.2 Å². The summed E-state index contributed by atoms with van der Waals surface area (Å²) in [4.78, 5) is 2.31. The largest absolute Gasteiger partial charge is 0.392 e. The van der Waals surface area contributed by atoms with Gasteiger partial charge in [0.2, 0.25) is 0 Å². The van der Waals surface area contributed by atoms with Crippen LogP contribution in [0.2, 0.25) is 10.0 Å². The zero-order valence-corrected chi connectivity index (χ0v) is 14.0. The number of aliphatic hydroxyl groups excluding tert-OH is 1. The molecule has 1 aromatic carbocycles. The number of aliphatic hydroxyl groups is 1. The normalized spacial score (nSPS) is 20.9. The Morgan fingerprint density at radius 1 is 1.43 bits per heavy atom. The van der Waals surface area contributed by atoms with Gasteiger partial charge in [0.1, 0.15) is 0 Å². The predicted molar refractivity (Wildman–Crippen MR) is 89.2 cm³/mol. The lowest BCUT2D eigenvalue weighted by Crippen LogP contribution is -2.29. The third-order valence-corrected chi connectivity index (χ3v) is 4.81. The van der Waals surface area contributed by atoms with Gasteiger partial charge in [-0.1, -0.05) is 42.3 Å². The fourth-order valence-corrected chi connectivity index (χ4v) is 3.24. The Balaban J connectivity index is 2.01. The Bertz CT molecular complexity index is 456. The first-order valence-corrected chi connectivity index (χ1v) is 8.45. The number of likely N-dealkylation sites (tertiary alicyclic amines) is 1. The van der Waals surface area contributed by atoms with Crippen molar-refractivity contribution in [3.8, 4) is 0 Å². The van der Waals surface area contributed by atoms with Crippen LogP contribution in [0.1, 0.15) is 37.8 Å². The quantitative estimate of drug-likeness (QED) is 0.803. The Morgan fingerprint density at radius 3 is 2.90 bits per heavy atom. The van der Waals surface area contributed by atoms with E-state index in [2.05, 4.69) is 17.1 Å². The molecule has 0 aromatic heterocycles. The van der Waals surface area contributed by atoms with Gasteiger partial charge in [0, 0.05) is 25.7 Å². The molecule has 1 heterocycles. The van der Waals surface area contributed by atoms with E-state index in [1.165, 1.54) is 0 Å². The molecule has 5 heteroatoms. The van der Waals surface area contributed by atoms with Crippen molar-refractivity contribution < 1.29 is 5.11 Å². The summed E-state index contributed by atoms with van der Waals surface area (Å²) in [6, 6.07) is 6.01. The van der Waals surface area contributed by atoms with Crippen molar-refractivity contribution in [3.05, 3.63) is 33.8 Å². The summed E-state index contributed by atoms with van der Waals surface area (Å²) in [7, 11) is 0. The van der Waals surface area contributed by atoms with Gasteiger partial charge in [0.25, 0.3) is 0 Å². The molecule has 2 atom stereocenters. The second-order valence-electron chi connectivity index (χ2n) is 5.68. The SMILES string of the molecule is CCCNC(CCN1CCC(O)C1)c1cccc(Cl)c1Cl. The molecular weight excluding hydrogens is 307 g/mol. The van der Waals surface area contributed by atoms with Crippen LogP contribution in [0.25, 0.3) is 0 Å². The predicted octanol–water partition coefficient (Wildman–Crippen LogP) is 3.49. The van der Waals surface area contributed by atoms with Gasteiger partial charge in [0.15, 0.2) is 0 Å². The molecule has 0 saturated carbocycles. The van der Waals surface area contributed by atoms with E-state index < -0.39 is 0 Å². The van der Waals surface area contributed by atoms with Crippen LogP contribution in [0.4, 0.5) is 0 Å². The number of nitrogens with one attached hydrogen (secondary N) is 1. The van der Waals surface area contributed by atoms with Crippen molar-refractivity contribution >= 4 is 23.2 Å². The van der Waals surface area contributed by atoms with E-state index in [0.717, 1.165) is 51.0 Å². The second-order valence-corrected chi connectivity index (χ2v) is 6.47. The molecule has 0 spiro atoms. The van der Waals surface area contributed by atoms with Crippen molar-refractivity contribution in [2.75, 3.05) is 26.2 Å². The molecule has 1 aliphatic rings. The van der Waals surface area contributed by atoms with Gasteiger partial charge >= 0.3 is 0 Å². The highest BCUT2D eigenvalue weighted by molar-refractivity contribution is 6.42. The minimum absolute atomic E-state index is 0.165. The molecule has 2 unspecified atom stereocenters. The number of hydrogen-bond acceptors (Lipinski definition) is 3. The van der Waals surface area contributed by atoms with Gasteiger partial charge < -0.3 is 15.3 Å². The van der Waals surface area contributed by atoms with Crippen LogP contribution < -0.4 is 5.32 Å². The Kier molecular flexibility index (Phi) is 6.77. The molecule has 2 rings (SSSR count). The van der Waals surface area contributed by atoms with Gasteiger partial charge in [0.05, 0.1) is 16.1 Å². The molecule has 2 N–H and O–H groups in total. The highest BCUT2D eigenvalue weighted by atomic mass is 35.5. The first kappa shape index (κ1) is 17.0. The average Bonchev–Trinajstić information content (AvgIpc) is 2.88. The fourth-order valence-electron chi connectivity index (χ4n) is 2.80. The lowest BCUT2D eigenvalue weighted by Gasteiger charge is -2.23. The minimum atomic E-state index is -0.165. The maximum absolute atomic E-state index is 9.61. The maximum Gasteiger partial charge on any atom is 0.0679 e. The molecule has 118 valence electrons. The van der Waals surface area contributed by atoms with Crippen LogP contribution in [-0.4, -0.2) is 42.3 Å². The summed E-state index contributed by atoms with van der Waals surface area (Å²) in [5, 5.41) is 14.4. The van der Waals surface area contributed by atoms with Crippen LogP contribution in [0.15, 0.2) is 18.2 Å². The number of benzene rings is 1. The van der Waals surface area contributed by atoms with Crippen LogP contribution in [0.3, 0.4) is 0 Å². The zero-order chi connectivity index (χ0) is 15.2. The highest BCUT2D eigenvalue weighted by Gasteiger charge is 2.22. The van der Waals surface area contributed by atoms with Crippen molar-refractivity contribution in [1.82, 2.24) is 10.2 Å². The molecule has 21 heavy (non-hydrogen) atoms. The molecule has 1 saturated heterocycles. The minimum Gasteiger partial charge on any atom is -0.392 e. The summed E-state index contributed by atoms with van der Waals surface area (Å²) in [6.07, 6.45) is 2.76. The third-order valence-electron chi connectivity index (χ3n) is 3.98. The Morgan fingerprint density at radius 2 is 2.24 bits per heavy atom. The number of hydrogen-bond donors (Lipinski definition) is 2. The van der Waals surface area contributed by atoms with Gasteiger partial charge in [-0.25, -0.2) is 0 Å². The molecule has 1 fully saturated rings. The molecule has 1 aromatic rings. The fraction of sp³-hybridized carbons (Fsp3) is 0.625. The van der Waals surface area contributed by atoms with Crippen molar-refractivity contribution in [1.29, 1.82) is 0 Å². The van der Waals surface area contributed by atoms with Crippen molar-refractivity contribution in [3.63, 3.8) is 0 Å². The van der Waals surface area contributed by atoms with Gasteiger partial charge in [-0.3, -0.25) is 0 Å². The Labute approximate surface area is 137 Å². The lowest BCUT2D eigenvalue weighted by atomic mass is 10.0. The summed E-state index contributed by atoms with van der Waals surface area (Å²) >= 11 is 12.5. The first-order chi connectivity index (χ1) is 10.1. The summed E-state index contributed by atoms with van der Waals surface area (Å²) < 4.78 is 0. The van der Waals surface area contributed by atoms with E-state index in [0.29, 0.717) is 10.0 Å². The van der Waals surface area contributed by atoms with Crippen LogP contribution in [0.5, 0.6) is 0 Å². The van der Waals surface area contributed by atoms with Crippen molar-refractivity contribution in [2.45, 2.75) is 38.3 Å². The van der Waals surface area contributed by atoms with Crippen LogP contribution in [-0.2, 0) is 0 Å². The molecule has 0 radical (unpaired) electrons. The maximum atomic E-state index is 9.61. The molecule has 0 amide bonds. The summed E-state index contributed by atoms with van der Waals surface area (Å²) in [6.45, 7) is 5.83. The molecule has 0 bridgehead atoms. The molecule has 1 aliphatic heterocycles. The topological polar surface area (TPSA) is 35.5 Å². The zero-order valence-electron chi connectivity index (χ0n) is 12.5. The van der Waals surface area contributed by atoms with Crippen LogP contribution in [0, 0.1) is 0 Å². The lowest BCUT2D eigenvalue weighted by molar-refractivity contribution is 0.174. The van der Waals surface area contributed by atoms with Crippen molar-refractivity contribution in [2.24, 2.45) is 0 Å².